The number of ketones is 1. The molecule has 0 unspecified atom stereocenters. The van der Waals surface area contributed by atoms with Crippen molar-refractivity contribution in [3.63, 3.8) is 0 Å². The third-order valence-electron chi connectivity index (χ3n) is 3.91. The van der Waals surface area contributed by atoms with Crippen LogP contribution in [0, 0.1) is 24.0 Å². The van der Waals surface area contributed by atoms with Crippen LogP contribution in [0.1, 0.15) is 38.7 Å². The molecule has 0 aromatic carbocycles. The summed E-state index contributed by atoms with van der Waals surface area (Å²) in [5.41, 5.74) is 2.18. The maximum atomic E-state index is 12.4. The Kier molecular flexibility index (Phi) is 6.29. The van der Waals surface area contributed by atoms with E-state index in [0.717, 1.165) is 29.9 Å². The molecule has 0 N–H and O–H groups in total. The summed E-state index contributed by atoms with van der Waals surface area (Å²) in [5.74, 6) is -2.18. The number of furan rings is 1. The third-order valence-corrected chi connectivity index (χ3v) is 3.91. The van der Waals surface area contributed by atoms with E-state index < -0.39 is 23.4 Å². The van der Waals surface area contributed by atoms with Crippen molar-refractivity contribution < 1.29 is 28.4 Å². The van der Waals surface area contributed by atoms with E-state index >= 15 is 0 Å². The fourth-order valence-corrected chi connectivity index (χ4v) is 2.61. The first-order valence-corrected chi connectivity index (χ1v) is 7.95. The Labute approximate surface area is 149 Å². The number of rotatable bonds is 9. The topological polar surface area (TPSA) is 114 Å². The zero-order chi connectivity index (χ0) is 19.3. The zero-order valence-corrected chi connectivity index (χ0v) is 14.8. The summed E-state index contributed by atoms with van der Waals surface area (Å²) in [5, 5.41) is 10.5. The van der Waals surface area contributed by atoms with Gasteiger partial charge in [-0.25, -0.2) is 4.79 Å². The summed E-state index contributed by atoms with van der Waals surface area (Å²) in [7, 11) is 1.63. The van der Waals surface area contributed by atoms with Crippen molar-refractivity contribution >= 4 is 17.6 Å². The molecule has 0 aliphatic heterocycles. The highest BCUT2D eigenvalue weighted by Gasteiger charge is 2.21. The second-order valence-electron chi connectivity index (χ2n) is 5.68. The molecule has 2 aromatic rings. The number of carbonyl (C=O) groups excluding carboxylic acids is 2. The van der Waals surface area contributed by atoms with Gasteiger partial charge in [-0.05, 0) is 32.4 Å². The molecule has 0 aliphatic rings. The minimum atomic E-state index is -0.930. The number of ether oxygens (including phenoxy) is 2. The Bertz CT molecular complexity index is 819. The number of methoxy groups -OCH3 is 1. The molecule has 9 nitrogen and oxygen atoms in total. The lowest BCUT2D eigenvalue weighted by atomic mass is 10.1. The van der Waals surface area contributed by atoms with Crippen LogP contribution in [0.5, 0.6) is 0 Å². The van der Waals surface area contributed by atoms with E-state index in [1.807, 2.05) is 18.4 Å². The van der Waals surface area contributed by atoms with Crippen LogP contribution in [0.2, 0.25) is 0 Å². The molecule has 0 aliphatic carbocycles. The number of hydrogen-bond acceptors (Lipinski definition) is 7. The van der Waals surface area contributed by atoms with Crippen LogP contribution in [-0.4, -0.2) is 41.6 Å². The number of nitrogens with zero attached hydrogens (tertiary/aromatic N) is 2. The van der Waals surface area contributed by atoms with Crippen LogP contribution in [0.4, 0.5) is 5.88 Å². The maximum absolute atomic E-state index is 12.4. The van der Waals surface area contributed by atoms with Crippen LogP contribution in [0.25, 0.3) is 0 Å². The predicted molar refractivity (Wildman–Crippen MR) is 90.4 cm³/mol. The highest BCUT2D eigenvalue weighted by molar-refractivity contribution is 6.00. The Morgan fingerprint density at radius 2 is 2.04 bits per heavy atom. The van der Waals surface area contributed by atoms with Crippen molar-refractivity contribution in [3.05, 3.63) is 51.0 Å². The van der Waals surface area contributed by atoms with Gasteiger partial charge in [0.25, 0.3) is 0 Å². The van der Waals surface area contributed by atoms with E-state index in [1.54, 1.807) is 13.2 Å². The molecule has 9 heteroatoms. The van der Waals surface area contributed by atoms with Gasteiger partial charge in [-0.1, -0.05) is 0 Å². The number of carbonyl (C=O) groups is 2. The maximum Gasteiger partial charge on any atom is 0.433 e. The Morgan fingerprint density at radius 3 is 2.65 bits per heavy atom. The summed E-state index contributed by atoms with van der Waals surface area (Å²) in [6, 6.07) is 3.93. The van der Waals surface area contributed by atoms with Crippen LogP contribution in [0.15, 0.2) is 22.6 Å². The second kappa shape index (κ2) is 8.43. The molecule has 0 atom stereocenters. The van der Waals surface area contributed by atoms with Crippen molar-refractivity contribution in [1.82, 2.24) is 4.57 Å². The standard InChI is InChI=1S/C17H20N2O7/c1-11-9-13(12(2)18(11)7-4-8-24-3)14(20)10-25-17(21)15-5-6-16(26-15)19(22)23/h5-6,9H,4,7-8,10H2,1-3H3. The molecule has 0 amide bonds. The lowest BCUT2D eigenvalue weighted by molar-refractivity contribution is -0.402. The third kappa shape index (κ3) is 4.37. The van der Waals surface area contributed by atoms with Crippen molar-refractivity contribution in [2.24, 2.45) is 0 Å². The van der Waals surface area contributed by atoms with E-state index in [-0.39, 0.29) is 11.5 Å². The van der Waals surface area contributed by atoms with Gasteiger partial charge >= 0.3 is 11.9 Å². The summed E-state index contributed by atoms with van der Waals surface area (Å²) >= 11 is 0. The number of aryl methyl sites for hydroxylation is 1. The van der Waals surface area contributed by atoms with E-state index in [9.17, 15) is 19.7 Å². The minimum absolute atomic E-state index is 0.325. The lowest BCUT2D eigenvalue weighted by Crippen LogP contribution is -2.15. The van der Waals surface area contributed by atoms with Gasteiger partial charge in [-0.15, -0.1) is 0 Å². The second-order valence-corrected chi connectivity index (χ2v) is 5.68. The fourth-order valence-electron chi connectivity index (χ4n) is 2.61. The first-order chi connectivity index (χ1) is 12.3. The SMILES string of the molecule is COCCCn1c(C)cc(C(=O)COC(=O)c2ccc([N+](=O)[O-])o2)c1C. The number of hydrogen-bond donors (Lipinski definition) is 0. The van der Waals surface area contributed by atoms with Gasteiger partial charge in [-0.3, -0.25) is 14.9 Å². The van der Waals surface area contributed by atoms with Gasteiger partial charge in [0.1, 0.15) is 4.92 Å². The first kappa shape index (κ1) is 19.4. The number of esters is 1. The molecule has 2 heterocycles. The smallest absolute Gasteiger partial charge is 0.433 e. The van der Waals surface area contributed by atoms with Crippen LogP contribution < -0.4 is 0 Å². The van der Waals surface area contributed by atoms with Crippen LogP contribution in [0.3, 0.4) is 0 Å². The monoisotopic (exact) mass is 364 g/mol. The average molecular weight is 364 g/mol. The molecule has 0 saturated carbocycles. The summed E-state index contributed by atoms with van der Waals surface area (Å²) in [4.78, 5) is 34.0. The normalized spacial score (nSPS) is 10.7. The van der Waals surface area contributed by atoms with Crippen molar-refractivity contribution in [2.45, 2.75) is 26.8 Å². The highest BCUT2D eigenvalue weighted by atomic mass is 16.7. The van der Waals surface area contributed by atoms with Crippen LogP contribution >= 0.6 is 0 Å². The van der Waals surface area contributed by atoms with E-state index in [0.29, 0.717) is 18.7 Å². The largest absolute Gasteiger partial charge is 0.451 e. The van der Waals surface area contributed by atoms with Gasteiger partial charge < -0.3 is 18.5 Å². The van der Waals surface area contributed by atoms with Gasteiger partial charge in [-0.2, -0.15) is 0 Å². The molecule has 0 bridgehead atoms. The van der Waals surface area contributed by atoms with Crippen molar-refractivity contribution in [1.29, 1.82) is 0 Å². The van der Waals surface area contributed by atoms with Gasteiger partial charge in [0, 0.05) is 37.2 Å². The molecule has 0 fully saturated rings. The summed E-state index contributed by atoms with van der Waals surface area (Å²) in [6.45, 7) is 4.58. The molecular formula is C17H20N2O7. The molecule has 2 rings (SSSR count). The molecule has 140 valence electrons. The average Bonchev–Trinajstić information content (AvgIpc) is 3.20. The minimum Gasteiger partial charge on any atom is -0.451 e. The van der Waals surface area contributed by atoms with Gasteiger partial charge in [0.15, 0.2) is 6.61 Å². The lowest BCUT2D eigenvalue weighted by Gasteiger charge is -2.09. The Hall–Kier alpha value is -2.94. The quantitative estimate of drug-likeness (QED) is 0.221. The predicted octanol–water partition coefficient (Wildman–Crippen LogP) is 2.68. The molecule has 2 aromatic heterocycles. The Morgan fingerprint density at radius 1 is 1.31 bits per heavy atom. The van der Waals surface area contributed by atoms with E-state index in [4.69, 9.17) is 13.9 Å². The zero-order valence-electron chi connectivity index (χ0n) is 14.8. The summed E-state index contributed by atoms with van der Waals surface area (Å²) in [6.07, 6.45) is 0.812. The van der Waals surface area contributed by atoms with Gasteiger partial charge in [0.05, 0.1) is 6.07 Å². The first-order valence-electron chi connectivity index (χ1n) is 7.95. The number of Topliss-reactive ketones (excluding diaryl/α,β-unsaturated/α-hetero) is 1. The summed E-state index contributed by atoms with van der Waals surface area (Å²) < 4.78 is 16.7. The van der Waals surface area contributed by atoms with E-state index in [2.05, 4.69) is 0 Å². The molecule has 0 radical (unpaired) electrons. The highest BCUT2D eigenvalue weighted by Crippen LogP contribution is 2.18. The molecule has 0 saturated heterocycles. The number of aromatic nitrogens is 1. The number of nitro groups is 1. The van der Waals surface area contributed by atoms with Crippen molar-refractivity contribution in [3.8, 4) is 0 Å². The van der Waals surface area contributed by atoms with Crippen LogP contribution in [-0.2, 0) is 16.0 Å². The molecule has 26 heavy (non-hydrogen) atoms. The van der Waals surface area contributed by atoms with Gasteiger partial charge in [0.2, 0.25) is 11.5 Å². The Balaban J connectivity index is 2.00. The van der Waals surface area contributed by atoms with Crippen molar-refractivity contribution in [2.75, 3.05) is 20.3 Å². The van der Waals surface area contributed by atoms with E-state index in [1.165, 1.54) is 0 Å². The molecular weight excluding hydrogens is 344 g/mol. The molecule has 0 spiro atoms. The fraction of sp³-hybridized carbons (Fsp3) is 0.412.